The summed E-state index contributed by atoms with van der Waals surface area (Å²) < 4.78 is 5.52. The molecule has 3 N–H and O–H groups in total. The van der Waals surface area contributed by atoms with Crippen molar-refractivity contribution in [3.63, 3.8) is 0 Å². The summed E-state index contributed by atoms with van der Waals surface area (Å²) in [7, 11) is 0. The van der Waals surface area contributed by atoms with E-state index < -0.39 is 24.0 Å². The van der Waals surface area contributed by atoms with Crippen molar-refractivity contribution in [3.05, 3.63) is 88.4 Å². The van der Waals surface area contributed by atoms with E-state index in [1.165, 1.54) is 18.2 Å². The quantitative estimate of drug-likeness (QED) is 0.427. The van der Waals surface area contributed by atoms with Crippen LogP contribution in [0.25, 0.3) is 11.1 Å². The number of carboxylic acid groups (broad SMARTS) is 1. The molecule has 3 aromatic rings. The van der Waals surface area contributed by atoms with Crippen molar-refractivity contribution in [2.45, 2.75) is 25.3 Å². The van der Waals surface area contributed by atoms with E-state index in [0.29, 0.717) is 12.1 Å². The highest BCUT2D eigenvalue weighted by Gasteiger charge is 2.29. The fourth-order valence-corrected chi connectivity index (χ4v) is 4.39. The van der Waals surface area contributed by atoms with Gasteiger partial charge in [-0.15, -0.1) is 0 Å². The maximum Gasteiger partial charge on any atom is 0.407 e. The number of hydrogen-bond acceptors (Lipinski definition) is 4. The molecule has 0 heterocycles. The Kier molecular flexibility index (Phi) is 6.84. The second-order valence-electron chi connectivity index (χ2n) is 7.92. The standard InChI is InChI=1S/C26H23ClN2O5/c1-2-23(24(30)28-15-11-12-20(25(31)32)22(27)13-15)29-26(33)34-14-21-18-9-5-3-7-16(18)17-8-4-6-10-19(17)21/h3-13,21,23H,2,14H2,1H3,(H,28,30)(H,29,33)(H,31,32). The van der Waals surface area contributed by atoms with Crippen molar-refractivity contribution >= 4 is 35.3 Å². The van der Waals surface area contributed by atoms with E-state index in [1.54, 1.807) is 6.92 Å². The van der Waals surface area contributed by atoms with Crippen LogP contribution in [0.3, 0.4) is 0 Å². The third-order valence-electron chi connectivity index (χ3n) is 5.83. The molecular formula is C26H23ClN2O5. The van der Waals surface area contributed by atoms with Crippen LogP contribution in [0.2, 0.25) is 5.02 Å². The largest absolute Gasteiger partial charge is 0.478 e. The molecule has 0 bridgehead atoms. The Labute approximate surface area is 201 Å². The van der Waals surface area contributed by atoms with Gasteiger partial charge < -0.3 is 20.5 Å². The molecule has 0 fully saturated rings. The highest BCUT2D eigenvalue weighted by Crippen LogP contribution is 2.44. The molecule has 0 aromatic heterocycles. The minimum Gasteiger partial charge on any atom is -0.478 e. The topological polar surface area (TPSA) is 105 Å². The number of carboxylic acids is 1. The number of carbonyl (C=O) groups is 3. The lowest BCUT2D eigenvalue weighted by Crippen LogP contribution is -2.43. The molecule has 0 aliphatic heterocycles. The number of amides is 2. The number of alkyl carbamates (subject to hydrolysis) is 1. The predicted octanol–water partition coefficient (Wildman–Crippen LogP) is 5.29. The Balaban J connectivity index is 1.38. The molecule has 8 heteroatoms. The molecule has 1 unspecified atom stereocenters. The molecule has 1 aliphatic rings. The molecule has 0 saturated carbocycles. The van der Waals surface area contributed by atoms with Crippen LogP contribution in [0.15, 0.2) is 66.7 Å². The van der Waals surface area contributed by atoms with Gasteiger partial charge >= 0.3 is 12.1 Å². The molecule has 4 rings (SSSR count). The first kappa shape index (κ1) is 23.3. The second kappa shape index (κ2) is 9.97. The fraction of sp³-hybridized carbons (Fsp3) is 0.192. The lowest BCUT2D eigenvalue weighted by atomic mass is 9.98. The van der Waals surface area contributed by atoms with Crippen molar-refractivity contribution < 1.29 is 24.2 Å². The number of ether oxygens (including phenoxy) is 1. The van der Waals surface area contributed by atoms with E-state index in [9.17, 15) is 14.4 Å². The smallest absolute Gasteiger partial charge is 0.407 e. The molecule has 0 spiro atoms. The lowest BCUT2D eigenvalue weighted by molar-refractivity contribution is -0.118. The van der Waals surface area contributed by atoms with Crippen LogP contribution in [0.5, 0.6) is 0 Å². The summed E-state index contributed by atoms with van der Waals surface area (Å²) in [5, 5.41) is 14.3. The van der Waals surface area contributed by atoms with Crippen LogP contribution in [0, 0.1) is 0 Å². The molecule has 3 aromatic carbocycles. The highest BCUT2D eigenvalue weighted by atomic mass is 35.5. The summed E-state index contributed by atoms with van der Waals surface area (Å²) in [5.41, 5.74) is 4.72. The van der Waals surface area contributed by atoms with Crippen LogP contribution in [0.1, 0.15) is 40.7 Å². The fourth-order valence-electron chi connectivity index (χ4n) is 4.13. The number of anilines is 1. The molecule has 34 heavy (non-hydrogen) atoms. The molecular weight excluding hydrogens is 456 g/mol. The molecule has 0 radical (unpaired) electrons. The van der Waals surface area contributed by atoms with Gasteiger partial charge in [-0.3, -0.25) is 4.79 Å². The van der Waals surface area contributed by atoms with Gasteiger partial charge in [0.25, 0.3) is 0 Å². The van der Waals surface area contributed by atoms with Crippen molar-refractivity contribution in [3.8, 4) is 11.1 Å². The Hall–Kier alpha value is -3.84. The van der Waals surface area contributed by atoms with Gasteiger partial charge in [0.1, 0.15) is 12.6 Å². The van der Waals surface area contributed by atoms with Gasteiger partial charge in [0.05, 0.1) is 10.6 Å². The van der Waals surface area contributed by atoms with E-state index in [2.05, 4.69) is 22.8 Å². The molecule has 7 nitrogen and oxygen atoms in total. The van der Waals surface area contributed by atoms with Crippen LogP contribution in [0.4, 0.5) is 10.5 Å². The average Bonchev–Trinajstić information content (AvgIpc) is 3.14. The van der Waals surface area contributed by atoms with Crippen molar-refractivity contribution in [1.82, 2.24) is 5.32 Å². The number of hydrogen-bond donors (Lipinski definition) is 3. The number of fused-ring (bicyclic) bond motifs is 3. The Bertz CT molecular complexity index is 1210. The second-order valence-corrected chi connectivity index (χ2v) is 8.33. The zero-order valence-electron chi connectivity index (χ0n) is 18.4. The van der Waals surface area contributed by atoms with E-state index in [1.807, 2.05) is 36.4 Å². The number of benzene rings is 3. The monoisotopic (exact) mass is 478 g/mol. The first-order valence-corrected chi connectivity index (χ1v) is 11.2. The summed E-state index contributed by atoms with van der Waals surface area (Å²) >= 11 is 5.96. The minimum absolute atomic E-state index is 0.00263. The van der Waals surface area contributed by atoms with E-state index in [0.717, 1.165) is 22.3 Å². The van der Waals surface area contributed by atoms with Gasteiger partial charge in [-0.25, -0.2) is 9.59 Å². The first-order valence-electron chi connectivity index (χ1n) is 10.8. The number of nitrogens with one attached hydrogen (secondary N) is 2. The van der Waals surface area contributed by atoms with Crippen LogP contribution >= 0.6 is 11.6 Å². The minimum atomic E-state index is -1.16. The molecule has 2 amide bonds. The third-order valence-corrected chi connectivity index (χ3v) is 6.14. The lowest BCUT2D eigenvalue weighted by Gasteiger charge is -2.19. The van der Waals surface area contributed by atoms with Crippen molar-refractivity contribution in [1.29, 1.82) is 0 Å². The van der Waals surface area contributed by atoms with Crippen LogP contribution < -0.4 is 10.6 Å². The number of carbonyl (C=O) groups excluding carboxylic acids is 2. The Morgan fingerprint density at radius 3 is 2.18 bits per heavy atom. The Morgan fingerprint density at radius 1 is 1.00 bits per heavy atom. The van der Waals surface area contributed by atoms with Gasteiger partial charge in [-0.2, -0.15) is 0 Å². The van der Waals surface area contributed by atoms with Gasteiger partial charge in [0.2, 0.25) is 5.91 Å². The molecule has 1 aliphatic carbocycles. The first-order chi connectivity index (χ1) is 16.4. The summed E-state index contributed by atoms with van der Waals surface area (Å²) in [6, 6.07) is 19.3. The van der Waals surface area contributed by atoms with Crippen LogP contribution in [-0.2, 0) is 9.53 Å². The zero-order valence-corrected chi connectivity index (χ0v) is 19.1. The Morgan fingerprint density at radius 2 is 1.62 bits per heavy atom. The van der Waals surface area contributed by atoms with Gasteiger partial charge in [-0.05, 0) is 46.9 Å². The van der Waals surface area contributed by atoms with E-state index >= 15 is 0 Å². The normalized spacial score (nSPS) is 12.9. The third kappa shape index (κ3) is 4.75. The average molecular weight is 479 g/mol. The maximum absolute atomic E-state index is 12.7. The van der Waals surface area contributed by atoms with Crippen LogP contribution in [-0.4, -0.2) is 35.7 Å². The molecule has 0 saturated heterocycles. The maximum atomic E-state index is 12.7. The summed E-state index contributed by atoms with van der Waals surface area (Å²) in [6.07, 6.45) is -0.361. The van der Waals surface area contributed by atoms with Gasteiger partial charge in [0.15, 0.2) is 0 Å². The van der Waals surface area contributed by atoms with Crippen molar-refractivity contribution in [2.75, 3.05) is 11.9 Å². The number of rotatable bonds is 7. The molecule has 1 atom stereocenters. The van der Waals surface area contributed by atoms with E-state index in [4.69, 9.17) is 21.4 Å². The summed E-state index contributed by atoms with van der Waals surface area (Å²) in [5.74, 6) is -1.71. The summed E-state index contributed by atoms with van der Waals surface area (Å²) in [4.78, 5) is 36.3. The number of halogens is 1. The van der Waals surface area contributed by atoms with Gasteiger partial charge in [-0.1, -0.05) is 67.1 Å². The SMILES string of the molecule is CCC(NC(=O)OCC1c2ccccc2-c2ccccc21)C(=O)Nc1ccc(C(=O)O)c(Cl)c1. The molecule has 174 valence electrons. The predicted molar refractivity (Wildman–Crippen MR) is 129 cm³/mol. The van der Waals surface area contributed by atoms with Gasteiger partial charge in [0, 0.05) is 11.6 Å². The highest BCUT2D eigenvalue weighted by molar-refractivity contribution is 6.33. The summed E-state index contributed by atoms with van der Waals surface area (Å²) in [6.45, 7) is 1.90. The number of aromatic carboxylic acids is 1. The van der Waals surface area contributed by atoms with Crippen molar-refractivity contribution in [2.24, 2.45) is 0 Å². The van der Waals surface area contributed by atoms with E-state index in [-0.39, 0.29) is 23.1 Å². The zero-order chi connectivity index (χ0) is 24.2.